The quantitative estimate of drug-likeness (QED) is 0.294. The van der Waals surface area contributed by atoms with Crippen molar-refractivity contribution >= 4 is 23.2 Å². The Morgan fingerprint density at radius 3 is 2.86 bits per heavy atom. The third-order valence-corrected chi connectivity index (χ3v) is 3.68. The number of benzene rings is 1. The molecule has 2 heterocycles. The number of alkyl halides is 1. The predicted octanol–water partition coefficient (Wildman–Crippen LogP) is 2.20. The summed E-state index contributed by atoms with van der Waals surface area (Å²) >= 11 is 6.12. The first-order valence-electron chi connectivity index (χ1n) is 6.70. The Morgan fingerprint density at radius 1 is 1.36 bits per heavy atom. The van der Waals surface area contributed by atoms with E-state index in [2.05, 4.69) is 20.7 Å². The maximum atomic E-state index is 12.4. The summed E-state index contributed by atoms with van der Waals surface area (Å²) in [4.78, 5) is 16.9. The van der Waals surface area contributed by atoms with Gasteiger partial charge in [-0.25, -0.2) is 0 Å². The summed E-state index contributed by atoms with van der Waals surface area (Å²) < 4.78 is 0. The molecule has 0 spiro atoms. The van der Waals surface area contributed by atoms with Crippen LogP contribution >= 0.6 is 11.6 Å². The molecule has 7 nitrogen and oxygen atoms in total. The van der Waals surface area contributed by atoms with Gasteiger partial charge in [-0.2, -0.15) is 0 Å². The summed E-state index contributed by atoms with van der Waals surface area (Å²) in [6, 6.07) is 8.78. The SMILES string of the molecule is [N-]=[N+]=NCC1C(=O)NC2=C(NC(Cl)C=C2)N1c1ccccc1. The average molecular weight is 317 g/mol. The van der Waals surface area contributed by atoms with E-state index < -0.39 is 6.04 Å². The lowest BCUT2D eigenvalue weighted by Crippen LogP contribution is -2.57. The van der Waals surface area contributed by atoms with Crippen LogP contribution in [0.4, 0.5) is 5.69 Å². The lowest BCUT2D eigenvalue weighted by molar-refractivity contribution is -0.121. The Labute approximate surface area is 131 Å². The van der Waals surface area contributed by atoms with Crippen LogP contribution in [0.15, 0.2) is 59.1 Å². The summed E-state index contributed by atoms with van der Waals surface area (Å²) in [7, 11) is 0. The number of anilines is 1. The van der Waals surface area contributed by atoms with Gasteiger partial charge in [-0.05, 0) is 29.8 Å². The Morgan fingerprint density at radius 2 is 2.14 bits per heavy atom. The highest BCUT2D eigenvalue weighted by Crippen LogP contribution is 2.28. The molecule has 2 N–H and O–H groups in total. The average Bonchev–Trinajstić information content (AvgIpc) is 2.54. The topological polar surface area (TPSA) is 93.1 Å². The van der Waals surface area contributed by atoms with Crippen LogP contribution in [0.25, 0.3) is 10.4 Å². The molecule has 112 valence electrons. The summed E-state index contributed by atoms with van der Waals surface area (Å²) in [6.07, 6.45) is 3.51. The van der Waals surface area contributed by atoms with Gasteiger partial charge in [0, 0.05) is 10.6 Å². The molecule has 0 aliphatic carbocycles. The number of rotatable bonds is 3. The number of para-hydroxylation sites is 1. The van der Waals surface area contributed by atoms with E-state index in [9.17, 15) is 4.79 Å². The maximum Gasteiger partial charge on any atom is 0.247 e. The molecule has 2 unspecified atom stereocenters. The van der Waals surface area contributed by atoms with Crippen LogP contribution in [0, 0.1) is 0 Å². The van der Waals surface area contributed by atoms with Crippen LogP contribution < -0.4 is 15.5 Å². The van der Waals surface area contributed by atoms with Gasteiger partial charge in [0.15, 0.2) is 0 Å². The number of halogens is 1. The van der Waals surface area contributed by atoms with E-state index in [4.69, 9.17) is 17.1 Å². The standard InChI is InChI=1S/C14H13ClN6O/c15-12-7-6-10-13(19-12)21(9-4-2-1-3-5-9)11(8-17-20-16)14(22)18-10/h1-7,11-12,19H,8H2,(H,18,22). The van der Waals surface area contributed by atoms with E-state index in [1.807, 2.05) is 35.2 Å². The molecule has 1 aromatic rings. The van der Waals surface area contributed by atoms with E-state index >= 15 is 0 Å². The molecule has 0 saturated heterocycles. The highest BCUT2D eigenvalue weighted by molar-refractivity contribution is 6.21. The number of dihydropyridines is 1. The molecule has 2 atom stereocenters. The van der Waals surface area contributed by atoms with Gasteiger partial charge in [0.05, 0.1) is 12.2 Å². The van der Waals surface area contributed by atoms with Crippen LogP contribution in [0.5, 0.6) is 0 Å². The van der Waals surface area contributed by atoms with Gasteiger partial charge >= 0.3 is 0 Å². The minimum atomic E-state index is -0.639. The fraction of sp³-hybridized carbons (Fsp3) is 0.214. The van der Waals surface area contributed by atoms with E-state index in [0.29, 0.717) is 11.5 Å². The number of carbonyl (C=O) groups is 1. The van der Waals surface area contributed by atoms with Crippen molar-refractivity contribution in [3.63, 3.8) is 0 Å². The number of hydrogen-bond donors (Lipinski definition) is 2. The van der Waals surface area contributed by atoms with Crippen molar-refractivity contribution in [1.29, 1.82) is 0 Å². The molecular formula is C14H13ClN6O. The van der Waals surface area contributed by atoms with Crippen LogP contribution in [0.2, 0.25) is 0 Å². The number of azide groups is 1. The molecule has 0 saturated carbocycles. The fourth-order valence-electron chi connectivity index (χ4n) is 2.48. The lowest BCUT2D eigenvalue weighted by Gasteiger charge is -2.40. The van der Waals surface area contributed by atoms with Crippen molar-refractivity contribution in [2.75, 3.05) is 11.4 Å². The monoisotopic (exact) mass is 316 g/mol. The molecule has 1 aromatic carbocycles. The Balaban J connectivity index is 2.08. The Bertz CT molecular complexity index is 695. The fourth-order valence-corrected chi connectivity index (χ4v) is 2.66. The van der Waals surface area contributed by atoms with Crippen molar-refractivity contribution in [2.24, 2.45) is 5.11 Å². The highest BCUT2D eigenvalue weighted by atomic mass is 35.5. The van der Waals surface area contributed by atoms with E-state index in [1.54, 1.807) is 12.2 Å². The van der Waals surface area contributed by atoms with Crippen molar-refractivity contribution < 1.29 is 4.79 Å². The number of amides is 1. The van der Waals surface area contributed by atoms with Gasteiger partial charge in [0.2, 0.25) is 5.91 Å². The van der Waals surface area contributed by atoms with Gasteiger partial charge < -0.3 is 15.5 Å². The summed E-state index contributed by atoms with van der Waals surface area (Å²) in [5.41, 5.74) is 9.64. The van der Waals surface area contributed by atoms with Crippen LogP contribution in [-0.2, 0) is 4.79 Å². The first-order valence-corrected chi connectivity index (χ1v) is 7.13. The zero-order valence-electron chi connectivity index (χ0n) is 11.5. The first-order chi connectivity index (χ1) is 10.7. The summed E-state index contributed by atoms with van der Waals surface area (Å²) in [5.74, 6) is 0.459. The molecular weight excluding hydrogens is 304 g/mol. The second-order valence-corrected chi connectivity index (χ2v) is 5.26. The maximum absolute atomic E-state index is 12.4. The molecule has 0 aromatic heterocycles. The highest BCUT2D eigenvalue weighted by Gasteiger charge is 2.36. The van der Waals surface area contributed by atoms with Crippen molar-refractivity contribution in [3.05, 3.63) is 64.4 Å². The number of hydrogen-bond acceptors (Lipinski definition) is 4. The van der Waals surface area contributed by atoms with Crippen molar-refractivity contribution in [2.45, 2.75) is 11.5 Å². The minimum absolute atomic E-state index is 0.0202. The number of allylic oxidation sites excluding steroid dienone is 1. The molecule has 0 bridgehead atoms. The van der Waals surface area contributed by atoms with Gasteiger partial charge in [0.25, 0.3) is 0 Å². The number of nitrogens with zero attached hydrogens (tertiary/aromatic N) is 4. The Kier molecular flexibility index (Phi) is 3.91. The van der Waals surface area contributed by atoms with Gasteiger partial charge in [-0.1, -0.05) is 34.9 Å². The third kappa shape index (κ3) is 2.59. The van der Waals surface area contributed by atoms with Gasteiger partial charge in [-0.3, -0.25) is 4.79 Å². The zero-order chi connectivity index (χ0) is 15.5. The molecule has 2 aliphatic rings. The summed E-state index contributed by atoms with van der Waals surface area (Å²) in [6.45, 7) is 0.0202. The largest absolute Gasteiger partial charge is 0.350 e. The van der Waals surface area contributed by atoms with E-state index in [-0.39, 0.29) is 18.0 Å². The number of nitrogens with one attached hydrogen (secondary N) is 2. The predicted molar refractivity (Wildman–Crippen MR) is 83.8 cm³/mol. The minimum Gasteiger partial charge on any atom is -0.350 e. The normalized spacial score (nSPS) is 23.3. The van der Waals surface area contributed by atoms with Crippen LogP contribution in [0.1, 0.15) is 0 Å². The molecule has 1 amide bonds. The second kappa shape index (κ2) is 6.01. The molecule has 22 heavy (non-hydrogen) atoms. The summed E-state index contributed by atoms with van der Waals surface area (Å²) in [5, 5.41) is 9.49. The third-order valence-electron chi connectivity index (χ3n) is 3.43. The second-order valence-electron chi connectivity index (χ2n) is 4.79. The Hall–Kier alpha value is -2.63. The first kappa shape index (κ1) is 14.3. The zero-order valence-corrected chi connectivity index (χ0v) is 12.2. The molecule has 0 fully saturated rings. The van der Waals surface area contributed by atoms with Crippen LogP contribution in [0.3, 0.4) is 0 Å². The molecule has 0 radical (unpaired) electrons. The van der Waals surface area contributed by atoms with E-state index in [1.165, 1.54) is 0 Å². The van der Waals surface area contributed by atoms with Crippen molar-refractivity contribution in [1.82, 2.24) is 10.6 Å². The molecule has 2 aliphatic heterocycles. The lowest BCUT2D eigenvalue weighted by atomic mass is 10.1. The van der Waals surface area contributed by atoms with E-state index in [0.717, 1.165) is 5.69 Å². The molecule has 8 heteroatoms. The van der Waals surface area contributed by atoms with Crippen LogP contribution in [-0.4, -0.2) is 24.0 Å². The number of carbonyl (C=O) groups excluding carboxylic acids is 1. The van der Waals surface area contributed by atoms with Gasteiger partial charge in [-0.15, -0.1) is 0 Å². The smallest absolute Gasteiger partial charge is 0.247 e. The van der Waals surface area contributed by atoms with Gasteiger partial charge in [0.1, 0.15) is 17.4 Å². The molecule has 3 rings (SSSR count). The van der Waals surface area contributed by atoms with Crippen molar-refractivity contribution in [3.8, 4) is 0 Å².